The van der Waals surface area contributed by atoms with E-state index in [2.05, 4.69) is 5.32 Å². The van der Waals surface area contributed by atoms with Crippen molar-refractivity contribution in [2.24, 2.45) is 5.73 Å². The average molecular weight is 323 g/mol. The number of hydrogen-bond donors (Lipinski definition) is 2. The van der Waals surface area contributed by atoms with Crippen LogP contribution >= 0.6 is 35.3 Å². The first-order valence-corrected chi connectivity index (χ1v) is 7.56. The smallest absolute Gasteiger partial charge is 0.240 e. The van der Waals surface area contributed by atoms with Crippen molar-refractivity contribution in [2.45, 2.75) is 50.6 Å². The van der Waals surface area contributed by atoms with E-state index >= 15 is 0 Å². The molecule has 1 unspecified atom stereocenters. The van der Waals surface area contributed by atoms with E-state index in [1.807, 2.05) is 19.1 Å². The zero-order valence-corrected chi connectivity index (χ0v) is 13.3. The van der Waals surface area contributed by atoms with E-state index in [9.17, 15) is 4.79 Å². The first-order chi connectivity index (χ1) is 8.51. The van der Waals surface area contributed by atoms with Gasteiger partial charge in [0.1, 0.15) is 0 Å². The maximum atomic E-state index is 12.2. The topological polar surface area (TPSA) is 55.1 Å². The molecule has 1 atom stereocenters. The van der Waals surface area contributed by atoms with Crippen LogP contribution in [0.5, 0.6) is 0 Å². The SMILES string of the molecule is CC(NC(=O)C1(N)CCCCC1)c1ccc(Cl)s1.Cl. The number of carbonyl (C=O) groups is 1. The van der Waals surface area contributed by atoms with Gasteiger partial charge < -0.3 is 11.1 Å². The third kappa shape index (κ3) is 4.09. The second kappa shape index (κ2) is 6.93. The Morgan fingerprint density at radius 3 is 2.58 bits per heavy atom. The third-order valence-corrected chi connectivity index (χ3v) is 4.98. The minimum absolute atomic E-state index is 0. The van der Waals surface area contributed by atoms with Gasteiger partial charge in [-0.05, 0) is 31.9 Å². The summed E-state index contributed by atoms with van der Waals surface area (Å²) in [6.45, 7) is 1.96. The Bertz CT molecular complexity index is 430. The van der Waals surface area contributed by atoms with Gasteiger partial charge in [0.05, 0.1) is 15.9 Å². The molecular formula is C13H20Cl2N2OS. The Morgan fingerprint density at radius 1 is 1.42 bits per heavy atom. The summed E-state index contributed by atoms with van der Waals surface area (Å²) < 4.78 is 0.742. The predicted octanol–water partition coefficient (Wildman–Crippen LogP) is 3.66. The Morgan fingerprint density at radius 2 is 2.05 bits per heavy atom. The van der Waals surface area contributed by atoms with Gasteiger partial charge in [0.25, 0.3) is 0 Å². The normalized spacial score (nSPS) is 19.3. The Labute approximate surface area is 129 Å². The molecule has 0 bridgehead atoms. The Hall–Kier alpha value is -0.290. The van der Waals surface area contributed by atoms with Crippen LogP contribution in [0.25, 0.3) is 0 Å². The summed E-state index contributed by atoms with van der Waals surface area (Å²) in [5.74, 6) is -0.0285. The van der Waals surface area contributed by atoms with Gasteiger partial charge in [0.2, 0.25) is 5.91 Å². The van der Waals surface area contributed by atoms with E-state index in [-0.39, 0.29) is 24.4 Å². The molecule has 1 amide bonds. The van der Waals surface area contributed by atoms with E-state index in [1.165, 1.54) is 17.8 Å². The molecule has 1 saturated carbocycles. The highest BCUT2D eigenvalue weighted by Gasteiger charge is 2.35. The van der Waals surface area contributed by atoms with E-state index in [0.29, 0.717) is 0 Å². The summed E-state index contributed by atoms with van der Waals surface area (Å²) in [7, 11) is 0. The maximum absolute atomic E-state index is 12.2. The number of thiophene rings is 1. The molecule has 2 rings (SSSR count). The molecule has 3 N–H and O–H groups in total. The van der Waals surface area contributed by atoms with Gasteiger partial charge in [-0.25, -0.2) is 0 Å². The van der Waals surface area contributed by atoms with E-state index in [4.69, 9.17) is 17.3 Å². The number of nitrogens with one attached hydrogen (secondary N) is 1. The second-order valence-corrected chi connectivity index (χ2v) is 6.80. The minimum Gasteiger partial charge on any atom is -0.347 e. The van der Waals surface area contributed by atoms with Crippen LogP contribution in [0.4, 0.5) is 0 Å². The van der Waals surface area contributed by atoms with Crippen molar-refractivity contribution >= 4 is 41.3 Å². The molecule has 0 radical (unpaired) electrons. The largest absolute Gasteiger partial charge is 0.347 e. The number of amides is 1. The molecule has 1 aliphatic rings. The summed E-state index contributed by atoms with van der Waals surface area (Å²) in [6, 6.07) is 3.77. The van der Waals surface area contributed by atoms with Crippen molar-refractivity contribution < 1.29 is 4.79 Å². The van der Waals surface area contributed by atoms with Crippen molar-refractivity contribution in [3.05, 3.63) is 21.3 Å². The molecule has 6 heteroatoms. The summed E-state index contributed by atoms with van der Waals surface area (Å²) in [4.78, 5) is 13.3. The van der Waals surface area contributed by atoms with Crippen LogP contribution in [-0.2, 0) is 4.79 Å². The van der Waals surface area contributed by atoms with Crippen LogP contribution < -0.4 is 11.1 Å². The first-order valence-electron chi connectivity index (χ1n) is 6.36. The van der Waals surface area contributed by atoms with Crippen LogP contribution in [0.2, 0.25) is 4.34 Å². The highest BCUT2D eigenvalue weighted by Crippen LogP contribution is 2.29. The van der Waals surface area contributed by atoms with Crippen molar-refractivity contribution in [2.75, 3.05) is 0 Å². The molecule has 19 heavy (non-hydrogen) atoms. The molecule has 108 valence electrons. The zero-order chi connectivity index (χ0) is 13.2. The molecule has 1 aliphatic carbocycles. The van der Waals surface area contributed by atoms with E-state index < -0.39 is 5.54 Å². The Balaban J connectivity index is 0.00000180. The molecule has 0 aromatic carbocycles. The summed E-state index contributed by atoms with van der Waals surface area (Å²) in [5.41, 5.74) is 5.53. The van der Waals surface area contributed by atoms with Gasteiger partial charge in [-0.2, -0.15) is 0 Å². The van der Waals surface area contributed by atoms with Crippen molar-refractivity contribution in [3.63, 3.8) is 0 Å². The quantitative estimate of drug-likeness (QED) is 0.892. The average Bonchev–Trinajstić information content (AvgIpc) is 2.77. The third-order valence-electron chi connectivity index (χ3n) is 3.57. The summed E-state index contributed by atoms with van der Waals surface area (Å²) in [6.07, 6.45) is 4.85. The molecule has 0 saturated heterocycles. The molecular weight excluding hydrogens is 303 g/mol. The van der Waals surface area contributed by atoms with E-state index in [0.717, 1.165) is 34.9 Å². The lowest BCUT2D eigenvalue weighted by Crippen LogP contribution is -2.55. The molecule has 0 spiro atoms. The fraction of sp³-hybridized carbons (Fsp3) is 0.615. The number of halogens is 2. The van der Waals surface area contributed by atoms with Crippen molar-refractivity contribution in [1.29, 1.82) is 0 Å². The number of rotatable bonds is 3. The molecule has 1 aromatic heterocycles. The first kappa shape index (κ1) is 16.8. The van der Waals surface area contributed by atoms with Gasteiger partial charge in [0, 0.05) is 4.88 Å². The monoisotopic (exact) mass is 322 g/mol. The van der Waals surface area contributed by atoms with Crippen LogP contribution in [0, 0.1) is 0 Å². The molecule has 1 aromatic rings. The van der Waals surface area contributed by atoms with Crippen molar-refractivity contribution in [1.82, 2.24) is 5.32 Å². The molecule has 3 nitrogen and oxygen atoms in total. The number of hydrogen-bond acceptors (Lipinski definition) is 3. The Kier molecular flexibility index (Phi) is 6.12. The lowest BCUT2D eigenvalue weighted by atomic mass is 9.82. The number of carbonyl (C=O) groups excluding carboxylic acids is 1. The highest BCUT2D eigenvalue weighted by atomic mass is 35.5. The van der Waals surface area contributed by atoms with Gasteiger partial charge in [0.15, 0.2) is 0 Å². The highest BCUT2D eigenvalue weighted by molar-refractivity contribution is 7.16. The zero-order valence-electron chi connectivity index (χ0n) is 10.9. The number of nitrogens with two attached hydrogens (primary N) is 1. The minimum atomic E-state index is -0.673. The fourth-order valence-electron chi connectivity index (χ4n) is 2.38. The second-order valence-electron chi connectivity index (χ2n) is 5.05. The van der Waals surface area contributed by atoms with E-state index in [1.54, 1.807) is 0 Å². The molecule has 1 heterocycles. The van der Waals surface area contributed by atoms with Crippen LogP contribution in [0.1, 0.15) is 49.9 Å². The lowest BCUT2D eigenvalue weighted by Gasteiger charge is -2.32. The lowest BCUT2D eigenvalue weighted by molar-refractivity contribution is -0.128. The molecule has 0 aliphatic heterocycles. The predicted molar refractivity (Wildman–Crippen MR) is 83.1 cm³/mol. The standard InChI is InChI=1S/C13H19ClN2OS.ClH/c1-9(10-5-6-11(14)18-10)16-12(17)13(15)7-3-2-4-8-13;/h5-6,9H,2-4,7-8,15H2,1H3,(H,16,17);1H. The fourth-order valence-corrected chi connectivity index (χ4v) is 3.45. The molecule has 1 fully saturated rings. The van der Waals surface area contributed by atoms with Gasteiger partial charge in [-0.1, -0.05) is 30.9 Å². The van der Waals surface area contributed by atoms with Gasteiger partial charge in [-0.3, -0.25) is 4.79 Å². The van der Waals surface area contributed by atoms with Crippen molar-refractivity contribution in [3.8, 4) is 0 Å². The van der Waals surface area contributed by atoms with Crippen LogP contribution in [0.3, 0.4) is 0 Å². The summed E-state index contributed by atoms with van der Waals surface area (Å²) >= 11 is 7.39. The van der Waals surface area contributed by atoms with Crippen LogP contribution in [-0.4, -0.2) is 11.4 Å². The van der Waals surface area contributed by atoms with Crippen LogP contribution in [0.15, 0.2) is 12.1 Å². The van der Waals surface area contributed by atoms with Gasteiger partial charge in [-0.15, -0.1) is 23.7 Å². The maximum Gasteiger partial charge on any atom is 0.240 e. The summed E-state index contributed by atoms with van der Waals surface area (Å²) in [5, 5.41) is 3.01. The van der Waals surface area contributed by atoms with Gasteiger partial charge >= 0.3 is 0 Å².